The van der Waals surface area contributed by atoms with Gasteiger partial charge in [-0.3, -0.25) is 4.79 Å². The van der Waals surface area contributed by atoms with Crippen molar-refractivity contribution in [3.8, 4) is 0 Å². The van der Waals surface area contributed by atoms with Gasteiger partial charge in [0.2, 0.25) is 5.91 Å². The Kier molecular flexibility index (Phi) is 4.36. The fraction of sp³-hybridized carbons (Fsp3) is 0.462. The molecule has 1 amide bonds. The molecule has 0 saturated heterocycles. The van der Waals surface area contributed by atoms with Crippen LogP contribution < -0.4 is 5.32 Å². The zero-order valence-electron chi connectivity index (χ0n) is 10.0. The molecular weight excluding hydrogens is 222 g/mol. The van der Waals surface area contributed by atoms with E-state index in [9.17, 15) is 4.79 Å². The lowest BCUT2D eigenvalue weighted by Gasteiger charge is -2.30. The molecule has 0 heterocycles. The molecule has 3 heteroatoms. The van der Waals surface area contributed by atoms with Crippen LogP contribution in [0.4, 0.5) is 0 Å². The lowest BCUT2D eigenvalue weighted by molar-refractivity contribution is -0.126. The highest BCUT2D eigenvalue weighted by Gasteiger charge is 2.35. The number of hydrogen-bond acceptors (Lipinski definition) is 1. The van der Waals surface area contributed by atoms with Crippen molar-refractivity contribution < 1.29 is 4.79 Å². The summed E-state index contributed by atoms with van der Waals surface area (Å²) in [5, 5.41) is 3.44. The first kappa shape index (κ1) is 13.0. The zero-order chi connectivity index (χ0) is 12.2. The van der Waals surface area contributed by atoms with Crippen LogP contribution >= 0.6 is 11.6 Å². The standard InChI is InChI=1S/C13H18ClNO/c1-4-13(5-2,12(16)15-3)10-6-8-11(14)9-7-10/h6-9H,4-5H2,1-3H3,(H,15,16). The van der Waals surface area contributed by atoms with Crippen molar-refractivity contribution in [1.82, 2.24) is 5.32 Å². The molecule has 0 bridgehead atoms. The second-order valence-corrected chi connectivity index (χ2v) is 4.31. The van der Waals surface area contributed by atoms with E-state index in [1.807, 2.05) is 38.1 Å². The molecule has 16 heavy (non-hydrogen) atoms. The minimum atomic E-state index is -0.431. The Labute approximate surface area is 102 Å². The highest BCUT2D eigenvalue weighted by molar-refractivity contribution is 6.30. The molecule has 0 aliphatic carbocycles. The van der Waals surface area contributed by atoms with Crippen molar-refractivity contribution in [3.63, 3.8) is 0 Å². The van der Waals surface area contributed by atoms with Crippen LogP contribution in [0.5, 0.6) is 0 Å². The molecule has 2 nitrogen and oxygen atoms in total. The van der Waals surface area contributed by atoms with Crippen molar-refractivity contribution >= 4 is 17.5 Å². The molecule has 1 aromatic rings. The Morgan fingerprint density at radius 1 is 1.25 bits per heavy atom. The van der Waals surface area contributed by atoms with Gasteiger partial charge in [0.1, 0.15) is 0 Å². The Bertz CT molecular complexity index is 355. The summed E-state index contributed by atoms with van der Waals surface area (Å²) in [5.41, 5.74) is 0.598. The quantitative estimate of drug-likeness (QED) is 0.859. The predicted octanol–water partition coefficient (Wildman–Crippen LogP) is 3.14. The first-order valence-electron chi connectivity index (χ1n) is 5.59. The lowest BCUT2D eigenvalue weighted by Crippen LogP contribution is -2.42. The first-order chi connectivity index (χ1) is 7.60. The number of rotatable bonds is 4. The average molecular weight is 240 g/mol. The van der Waals surface area contributed by atoms with Gasteiger partial charge in [-0.25, -0.2) is 0 Å². The van der Waals surface area contributed by atoms with E-state index in [1.54, 1.807) is 7.05 Å². The van der Waals surface area contributed by atoms with Gasteiger partial charge < -0.3 is 5.32 Å². The van der Waals surface area contributed by atoms with Crippen LogP contribution in [0, 0.1) is 0 Å². The molecular formula is C13H18ClNO. The number of hydrogen-bond donors (Lipinski definition) is 1. The summed E-state index contributed by atoms with van der Waals surface area (Å²) in [5.74, 6) is 0.0693. The summed E-state index contributed by atoms with van der Waals surface area (Å²) in [6.07, 6.45) is 1.57. The van der Waals surface area contributed by atoms with E-state index in [-0.39, 0.29) is 5.91 Å². The van der Waals surface area contributed by atoms with Gasteiger partial charge in [-0.2, -0.15) is 0 Å². The van der Waals surface area contributed by atoms with E-state index in [4.69, 9.17) is 11.6 Å². The van der Waals surface area contributed by atoms with Crippen molar-refractivity contribution in [2.24, 2.45) is 0 Å². The molecule has 0 unspecified atom stereocenters. The van der Waals surface area contributed by atoms with Crippen molar-refractivity contribution in [1.29, 1.82) is 0 Å². The van der Waals surface area contributed by atoms with Gasteiger partial charge in [0, 0.05) is 12.1 Å². The Balaban J connectivity index is 3.20. The van der Waals surface area contributed by atoms with E-state index in [0.29, 0.717) is 5.02 Å². The summed E-state index contributed by atoms with van der Waals surface area (Å²) in [6.45, 7) is 4.07. The lowest BCUT2D eigenvalue weighted by atomic mass is 9.75. The number of carbonyl (C=O) groups is 1. The van der Waals surface area contributed by atoms with E-state index in [1.165, 1.54) is 0 Å². The molecule has 0 aliphatic rings. The number of carbonyl (C=O) groups excluding carboxylic acids is 1. The van der Waals surface area contributed by atoms with Gasteiger partial charge in [0.25, 0.3) is 0 Å². The molecule has 0 spiro atoms. The van der Waals surface area contributed by atoms with Crippen molar-refractivity contribution in [2.75, 3.05) is 7.05 Å². The molecule has 1 aromatic carbocycles. The average Bonchev–Trinajstić information content (AvgIpc) is 2.33. The van der Waals surface area contributed by atoms with E-state index >= 15 is 0 Å². The summed E-state index contributed by atoms with van der Waals surface area (Å²) < 4.78 is 0. The van der Waals surface area contributed by atoms with Crippen LogP contribution in [-0.2, 0) is 10.2 Å². The maximum atomic E-state index is 12.0. The van der Waals surface area contributed by atoms with Crippen LogP contribution in [0.25, 0.3) is 0 Å². The smallest absolute Gasteiger partial charge is 0.230 e. The molecule has 88 valence electrons. The third kappa shape index (κ3) is 2.22. The summed E-state index contributed by atoms with van der Waals surface area (Å²) in [6, 6.07) is 7.54. The second kappa shape index (κ2) is 5.35. The van der Waals surface area contributed by atoms with Gasteiger partial charge in [-0.1, -0.05) is 37.6 Å². The number of nitrogens with one attached hydrogen (secondary N) is 1. The molecule has 0 fully saturated rings. The number of benzene rings is 1. The minimum absolute atomic E-state index is 0.0693. The highest BCUT2D eigenvalue weighted by Crippen LogP contribution is 2.32. The monoisotopic (exact) mass is 239 g/mol. The maximum Gasteiger partial charge on any atom is 0.230 e. The third-order valence-electron chi connectivity index (χ3n) is 3.27. The third-order valence-corrected chi connectivity index (χ3v) is 3.52. The fourth-order valence-electron chi connectivity index (χ4n) is 2.12. The number of amides is 1. The van der Waals surface area contributed by atoms with Crippen LogP contribution in [0.2, 0.25) is 5.02 Å². The van der Waals surface area contributed by atoms with Crippen molar-refractivity contribution in [2.45, 2.75) is 32.1 Å². The van der Waals surface area contributed by atoms with Crippen molar-refractivity contribution in [3.05, 3.63) is 34.9 Å². The highest BCUT2D eigenvalue weighted by atomic mass is 35.5. The minimum Gasteiger partial charge on any atom is -0.358 e. The fourth-order valence-corrected chi connectivity index (χ4v) is 2.24. The zero-order valence-corrected chi connectivity index (χ0v) is 10.8. The molecule has 1 N–H and O–H groups in total. The Morgan fingerprint density at radius 2 is 1.75 bits per heavy atom. The maximum absolute atomic E-state index is 12.0. The molecule has 0 atom stereocenters. The van der Waals surface area contributed by atoms with E-state index in [0.717, 1.165) is 18.4 Å². The number of likely N-dealkylation sites (N-methyl/N-ethyl adjacent to an activating group) is 1. The normalized spacial score (nSPS) is 11.2. The summed E-state index contributed by atoms with van der Waals surface area (Å²) in [7, 11) is 1.68. The van der Waals surface area contributed by atoms with Crippen LogP contribution in [0.1, 0.15) is 32.3 Å². The van der Waals surface area contributed by atoms with Gasteiger partial charge in [0.15, 0.2) is 0 Å². The Morgan fingerprint density at radius 3 is 2.12 bits per heavy atom. The van der Waals surface area contributed by atoms with Crippen LogP contribution in [0.15, 0.2) is 24.3 Å². The number of halogens is 1. The van der Waals surface area contributed by atoms with Crippen LogP contribution in [0.3, 0.4) is 0 Å². The molecule has 0 saturated carbocycles. The summed E-state index contributed by atoms with van der Waals surface area (Å²) >= 11 is 5.86. The SMILES string of the molecule is CCC(CC)(C(=O)NC)c1ccc(Cl)cc1. The van der Waals surface area contributed by atoms with Crippen LogP contribution in [-0.4, -0.2) is 13.0 Å². The van der Waals surface area contributed by atoms with E-state index < -0.39 is 5.41 Å². The van der Waals surface area contributed by atoms with Gasteiger partial charge >= 0.3 is 0 Å². The molecule has 0 radical (unpaired) electrons. The Hall–Kier alpha value is -1.02. The topological polar surface area (TPSA) is 29.1 Å². The molecule has 0 aromatic heterocycles. The predicted molar refractivity (Wildman–Crippen MR) is 67.8 cm³/mol. The van der Waals surface area contributed by atoms with E-state index in [2.05, 4.69) is 5.32 Å². The van der Waals surface area contributed by atoms with Gasteiger partial charge in [-0.15, -0.1) is 0 Å². The van der Waals surface area contributed by atoms with Gasteiger partial charge in [0.05, 0.1) is 5.41 Å². The van der Waals surface area contributed by atoms with Gasteiger partial charge in [-0.05, 0) is 30.5 Å². The largest absolute Gasteiger partial charge is 0.358 e. The first-order valence-corrected chi connectivity index (χ1v) is 5.96. The summed E-state index contributed by atoms with van der Waals surface area (Å²) in [4.78, 5) is 12.0. The molecule has 1 rings (SSSR count). The second-order valence-electron chi connectivity index (χ2n) is 3.88. The molecule has 0 aliphatic heterocycles.